The number of nitrogens with one attached hydrogen (secondary N) is 1. The number of imidazole rings is 1. The van der Waals surface area contributed by atoms with E-state index in [4.69, 9.17) is 0 Å². The summed E-state index contributed by atoms with van der Waals surface area (Å²) in [6, 6.07) is 4.28. The predicted octanol–water partition coefficient (Wildman–Crippen LogP) is 2.09. The highest BCUT2D eigenvalue weighted by Crippen LogP contribution is 2.26. The number of pyridine rings is 1. The Balaban J connectivity index is 2.22. The van der Waals surface area contributed by atoms with E-state index in [0.29, 0.717) is 5.92 Å². The second-order valence-electron chi connectivity index (χ2n) is 4.08. The van der Waals surface area contributed by atoms with Gasteiger partial charge < -0.3 is 9.72 Å². The third-order valence-corrected chi connectivity index (χ3v) is 3.51. The third kappa shape index (κ3) is 1.40. The normalized spacial score (nSPS) is 16.9. The van der Waals surface area contributed by atoms with Crippen molar-refractivity contribution in [1.29, 1.82) is 0 Å². The first-order chi connectivity index (χ1) is 7.25. The monoisotopic (exact) mass is 265 g/mol. The molecule has 4 heteroatoms. The van der Waals surface area contributed by atoms with Crippen LogP contribution < -0.4 is 5.32 Å². The van der Waals surface area contributed by atoms with Crippen molar-refractivity contribution in [2.45, 2.75) is 12.8 Å². The van der Waals surface area contributed by atoms with Gasteiger partial charge >= 0.3 is 0 Å². The maximum Gasteiger partial charge on any atom is 0.132 e. The van der Waals surface area contributed by atoms with Crippen LogP contribution in [0.1, 0.15) is 17.3 Å². The van der Waals surface area contributed by atoms with Crippen molar-refractivity contribution in [3.8, 4) is 0 Å². The van der Waals surface area contributed by atoms with Crippen LogP contribution in [0.4, 0.5) is 0 Å². The Kier molecular flexibility index (Phi) is 2.07. The quantitative estimate of drug-likeness (QED) is 0.856. The zero-order valence-corrected chi connectivity index (χ0v) is 10.1. The maximum atomic E-state index is 4.59. The first-order valence-corrected chi connectivity index (χ1v) is 5.90. The molecule has 0 saturated carbocycles. The molecule has 15 heavy (non-hydrogen) atoms. The summed E-state index contributed by atoms with van der Waals surface area (Å²) in [4.78, 5) is 4.59. The Hall–Kier alpha value is -0.870. The van der Waals surface area contributed by atoms with E-state index in [2.05, 4.69) is 55.9 Å². The molecule has 1 fully saturated rings. The van der Waals surface area contributed by atoms with Crippen molar-refractivity contribution in [2.24, 2.45) is 0 Å². The molecule has 1 N–H and O–H groups in total. The fraction of sp³-hybridized carbons (Fsp3) is 0.364. The van der Waals surface area contributed by atoms with E-state index in [1.165, 1.54) is 5.56 Å². The third-order valence-electron chi connectivity index (χ3n) is 2.93. The van der Waals surface area contributed by atoms with E-state index in [0.717, 1.165) is 29.0 Å². The smallest absolute Gasteiger partial charge is 0.132 e. The van der Waals surface area contributed by atoms with Crippen molar-refractivity contribution in [2.75, 3.05) is 13.1 Å². The predicted molar refractivity (Wildman–Crippen MR) is 63.2 cm³/mol. The van der Waals surface area contributed by atoms with Crippen molar-refractivity contribution in [3.05, 3.63) is 34.3 Å². The van der Waals surface area contributed by atoms with Crippen LogP contribution in [0, 0.1) is 6.92 Å². The molecule has 1 aliphatic heterocycles. The number of hydrogen-bond donors (Lipinski definition) is 1. The minimum atomic E-state index is 0.562. The summed E-state index contributed by atoms with van der Waals surface area (Å²) >= 11 is 3.52. The SMILES string of the molecule is Cc1ccn2c(C3CNC3)nc(Br)c2c1. The molecular weight excluding hydrogens is 254 g/mol. The lowest BCUT2D eigenvalue weighted by atomic mass is 10.0. The zero-order chi connectivity index (χ0) is 10.4. The average molecular weight is 266 g/mol. The molecule has 0 spiro atoms. The van der Waals surface area contributed by atoms with Gasteiger partial charge in [0.05, 0.1) is 5.52 Å². The topological polar surface area (TPSA) is 29.3 Å². The molecule has 1 saturated heterocycles. The van der Waals surface area contributed by atoms with Gasteiger partial charge in [-0.25, -0.2) is 4.98 Å². The lowest BCUT2D eigenvalue weighted by Gasteiger charge is -2.25. The second kappa shape index (κ2) is 3.32. The first-order valence-electron chi connectivity index (χ1n) is 5.10. The molecule has 0 atom stereocenters. The number of aromatic nitrogens is 2. The number of nitrogens with zero attached hydrogens (tertiary/aromatic N) is 2. The van der Waals surface area contributed by atoms with Crippen LogP contribution in [0.2, 0.25) is 0 Å². The molecule has 0 aromatic carbocycles. The molecule has 3 nitrogen and oxygen atoms in total. The van der Waals surface area contributed by atoms with Crippen LogP contribution in [0.15, 0.2) is 22.9 Å². The van der Waals surface area contributed by atoms with Gasteiger partial charge in [0.25, 0.3) is 0 Å². The minimum Gasteiger partial charge on any atom is -0.315 e. The molecule has 3 rings (SSSR count). The number of aryl methyl sites for hydroxylation is 1. The molecule has 1 aliphatic rings. The zero-order valence-electron chi connectivity index (χ0n) is 8.50. The number of rotatable bonds is 1. The molecule has 3 heterocycles. The summed E-state index contributed by atoms with van der Waals surface area (Å²) in [5.74, 6) is 1.72. The van der Waals surface area contributed by atoms with Gasteiger partial charge in [0.1, 0.15) is 10.4 Å². The van der Waals surface area contributed by atoms with Crippen LogP contribution in [-0.4, -0.2) is 22.5 Å². The minimum absolute atomic E-state index is 0.562. The van der Waals surface area contributed by atoms with Gasteiger partial charge in [-0.1, -0.05) is 0 Å². The maximum absolute atomic E-state index is 4.59. The summed E-state index contributed by atoms with van der Waals surface area (Å²) in [7, 11) is 0. The molecule has 2 aromatic heterocycles. The van der Waals surface area contributed by atoms with Gasteiger partial charge in [-0.3, -0.25) is 0 Å². The molecular formula is C11H12BrN3. The fourth-order valence-electron chi connectivity index (χ4n) is 1.94. The van der Waals surface area contributed by atoms with Gasteiger partial charge in [-0.15, -0.1) is 0 Å². The molecule has 78 valence electrons. The Morgan fingerprint density at radius 1 is 1.53 bits per heavy atom. The Morgan fingerprint density at radius 3 is 3.00 bits per heavy atom. The van der Waals surface area contributed by atoms with Gasteiger partial charge in [0.2, 0.25) is 0 Å². The average Bonchev–Trinajstić information content (AvgIpc) is 2.41. The molecule has 0 bridgehead atoms. The van der Waals surface area contributed by atoms with Gasteiger partial charge in [-0.05, 0) is 40.5 Å². The highest BCUT2D eigenvalue weighted by molar-refractivity contribution is 9.10. The lowest BCUT2D eigenvalue weighted by Crippen LogP contribution is -2.40. The van der Waals surface area contributed by atoms with Crippen molar-refractivity contribution >= 4 is 21.4 Å². The van der Waals surface area contributed by atoms with Crippen LogP contribution in [-0.2, 0) is 0 Å². The van der Waals surface area contributed by atoms with Crippen LogP contribution >= 0.6 is 15.9 Å². The van der Waals surface area contributed by atoms with Gasteiger partial charge in [-0.2, -0.15) is 0 Å². The van der Waals surface area contributed by atoms with Crippen LogP contribution in [0.3, 0.4) is 0 Å². The van der Waals surface area contributed by atoms with Crippen molar-refractivity contribution in [3.63, 3.8) is 0 Å². The lowest BCUT2D eigenvalue weighted by molar-refractivity contribution is 0.428. The van der Waals surface area contributed by atoms with E-state index in [1.54, 1.807) is 0 Å². The summed E-state index contributed by atoms with van der Waals surface area (Å²) < 4.78 is 3.14. The Labute approximate surface area is 96.6 Å². The van der Waals surface area contributed by atoms with Gasteiger partial charge in [0.15, 0.2) is 0 Å². The summed E-state index contributed by atoms with van der Waals surface area (Å²) in [6.07, 6.45) is 2.11. The van der Waals surface area contributed by atoms with E-state index in [-0.39, 0.29) is 0 Å². The van der Waals surface area contributed by atoms with Crippen molar-refractivity contribution in [1.82, 2.24) is 14.7 Å². The Bertz CT molecular complexity index is 514. The largest absolute Gasteiger partial charge is 0.315 e. The standard InChI is InChI=1S/C11H12BrN3/c1-7-2-3-15-9(4-7)10(12)14-11(15)8-5-13-6-8/h2-4,8,13H,5-6H2,1H3. The first kappa shape index (κ1) is 9.36. The highest BCUT2D eigenvalue weighted by atomic mass is 79.9. The van der Waals surface area contributed by atoms with E-state index in [9.17, 15) is 0 Å². The number of fused-ring (bicyclic) bond motifs is 1. The van der Waals surface area contributed by atoms with Crippen molar-refractivity contribution < 1.29 is 0 Å². The fourth-order valence-corrected chi connectivity index (χ4v) is 2.42. The second-order valence-corrected chi connectivity index (χ2v) is 4.83. The van der Waals surface area contributed by atoms with E-state index >= 15 is 0 Å². The van der Waals surface area contributed by atoms with Gasteiger partial charge in [0, 0.05) is 25.2 Å². The molecule has 0 unspecified atom stereocenters. The van der Waals surface area contributed by atoms with Crippen LogP contribution in [0.25, 0.3) is 5.52 Å². The summed E-state index contributed by atoms with van der Waals surface area (Å²) in [6.45, 7) is 4.18. The highest BCUT2D eigenvalue weighted by Gasteiger charge is 2.24. The summed E-state index contributed by atoms with van der Waals surface area (Å²) in [5.41, 5.74) is 2.43. The van der Waals surface area contributed by atoms with E-state index < -0.39 is 0 Å². The van der Waals surface area contributed by atoms with E-state index in [1.807, 2.05) is 0 Å². The Morgan fingerprint density at radius 2 is 2.33 bits per heavy atom. The summed E-state index contributed by atoms with van der Waals surface area (Å²) in [5, 5.41) is 3.28. The number of hydrogen-bond acceptors (Lipinski definition) is 2. The molecule has 0 amide bonds. The van der Waals surface area contributed by atoms with Crippen LogP contribution in [0.5, 0.6) is 0 Å². The molecule has 0 radical (unpaired) electrons. The molecule has 0 aliphatic carbocycles. The number of halogens is 1. The molecule has 2 aromatic rings.